The van der Waals surface area contributed by atoms with Crippen LogP contribution in [0.5, 0.6) is 0 Å². The number of anilines is 2. The number of nitrogens with one attached hydrogen (secondary N) is 2. The van der Waals surface area contributed by atoms with Crippen molar-refractivity contribution in [1.82, 2.24) is 10.2 Å². The van der Waals surface area contributed by atoms with Crippen LogP contribution < -0.4 is 10.6 Å². The quantitative estimate of drug-likeness (QED) is 0.324. The molecule has 174 valence electrons. The summed E-state index contributed by atoms with van der Waals surface area (Å²) in [4.78, 5) is 14.5. The molecule has 3 N–H and O–H groups in total. The van der Waals surface area contributed by atoms with Crippen LogP contribution in [0.15, 0.2) is 30.3 Å². The van der Waals surface area contributed by atoms with Crippen molar-refractivity contribution in [3.05, 3.63) is 56.9 Å². The van der Waals surface area contributed by atoms with Gasteiger partial charge in [-0.3, -0.25) is 4.79 Å². The monoisotopic (exact) mass is 561 g/mol. The number of carbonyl (C=O) groups is 1. The van der Waals surface area contributed by atoms with E-state index in [0.29, 0.717) is 10.1 Å². The Morgan fingerprint density at radius 2 is 1.88 bits per heavy atom. The molecule has 0 aliphatic carbocycles. The molecule has 1 aliphatic heterocycles. The molecule has 1 aliphatic rings. The van der Waals surface area contributed by atoms with Crippen molar-refractivity contribution >= 4 is 39.9 Å². The highest BCUT2D eigenvalue weighted by Gasteiger charge is 2.53. The summed E-state index contributed by atoms with van der Waals surface area (Å²) in [7, 11) is 0. The molecule has 0 bridgehead atoms. The Morgan fingerprint density at radius 3 is 2.50 bits per heavy atom. The summed E-state index contributed by atoms with van der Waals surface area (Å²) in [6.07, 6.45) is 0.964. The van der Waals surface area contributed by atoms with Gasteiger partial charge in [-0.25, -0.2) is 13.2 Å². The molecule has 1 fully saturated rings. The zero-order valence-corrected chi connectivity index (χ0v) is 20.4. The summed E-state index contributed by atoms with van der Waals surface area (Å²) in [5.74, 6) is -3.65. The number of hydrogen-bond donors (Lipinski definition) is 3. The SMILES string of the molecule is CCCNCC(C)(C)C1(O)CN(C(=O)c2ccc(F)c(F)c2Nc2ccc(I)cc2F)C1. The van der Waals surface area contributed by atoms with Gasteiger partial charge in [0.2, 0.25) is 0 Å². The molecule has 0 spiro atoms. The molecule has 0 saturated carbocycles. The fourth-order valence-corrected chi connectivity index (χ4v) is 4.10. The van der Waals surface area contributed by atoms with Crippen molar-refractivity contribution in [3.8, 4) is 0 Å². The minimum absolute atomic E-state index is 0.0585. The van der Waals surface area contributed by atoms with Crippen molar-refractivity contribution in [2.24, 2.45) is 5.41 Å². The second kappa shape index (κ2) is 9.56. The van der Waals surface area contributed by atoms with Crippen LogP contribution in [0.1, 0.15) is 37.6 Å². The van der Waals surface area contributed by atoms with E-state index >= 15 is 0 Å². The molecular weight excluding hydrogens is 534 g/mol. The van der Waals surface area contributed by atoms with Crippen LogP contribution in [0.25, 0.3) is 0 Å². The molecular formula is C23H27F3IN3O2. The highest BCUT2D eigenvalue weighted by Crippen LogP contribution is 2.40. The number of hydrogen-bond acceptors (Lipinski definition) is 4. The van der Waals surface area contributed by atoms with Crippen molar-refractivity contribution < 1.29 is 23.1 Å². The summed E-state index contributed by atoms with van der Waals surface area (Å²) in [5.41, 5.74) is -2.26. The largest absolute Gasteiger partial charge is 0.386 e. The molecule has 9 heteroatoms. The van der Waals surface area contributed by atoms with Gasteiger partial charge >= 0.3 is 0 Å². The molecule has 1 amide bonds. The van der Waals surface area contributed by atoms with Gasteiger partial charge in [-0.2, -0.15) is 0 Å². The molecule has 1 saturated heterocycles. The Hall–Kier alpha value is -1.85. The third-order valence-corrected chi connectivity index (χ3v) is 6.63. The van der Waals surface area contributed by atoms with Gasteiger partial charge < -0.3 is 20.6 Å². The van der Waals surface area contributed by atoms with Gasteiger partial charge in [-0.15, -0.1) is 0 Å². The molecule has 0 radical (unpaired) electrons. The molecule has 0 unspecified atom stereocenters. The highest BCUT2D eigenvalue weighted by molar-refractivity contribution is 14.1. The Balaban J connectivity index is 1.81. The number of likely N-dealkylation sites (tertiary alicyclic amines) is 1. The number of halogens is 4. The van der Waals surface area contributed by atoms with Crippen molar-refractivity contribution in [2.45, 2.75) is 32.8 Å². The maximum atomic E-state index is 14.6. The zero-order chi connectivity index (χ0) is 23.7. The second-order valence-electron chi connectivity index (χ2n) is 8.79. The summed E-state index contributed by atoms with van der Waals surface area (Å²) in [6, 6.07) is 6.27. The van der Waals surface area contributed by atoms with E-state index in [1.807, 2.05) is 43.4 Å². The summed E-state index contributed by atoms with van der Waals surface area (Å²) in [5, 5.41) is 16.9. The topological polar surface area (TPSA) is 64.6 Å². The molecule has 32 heavy (non-hydrogen) atoms. The molecule has 2 aromatic rings. The first-order valence-corrected chi connectivity index (χ1v) is 11.5. The molecule has 0 aromatic heterocycles. The average Bonchev–Trinajstić information content (AvgIpc) is 2.70. The Bertz CT molecular complexity index is 1010. The first-order valence-electron chi connectivity index (χ1n) is 10.4. The summed E-state index contributed by atoms with van der Waals surface area (Å²) >= 11 is 1.93. The fraction of sp³-hybridized carbons (Fsp3) is 0.435. The van der Waals surface area contributed by atoms with Crippen molar-refractivity contribution in [1.29, 1.82) is 0 Å². The van der Waals surface area contributed by atoms with Crippen LogP contribution in [-0.4, -0.2) is 47.7 Å². The number of rotatable bonds is 8. The highest BCUT2D eigenvalue weighted by atomic mass is 127. The lowest BCUT2D eigenvalue weighted by Crippen LogP contribution is -2.71. The van der Waals surface area contributed by atoms with Crippen LogP contribution in [0.3, 0.4) is 0 Å². The molecule has 3 rings (SSSR count). The maximum absolute atomic E-state index is 14.6. The van der Waals surface area contributed by atoms with Gasteiger partial charge in [0, 0.05) is 15.5 Å². The van der Waals surface area contributed by atoms with E-state index in [2.05, 4.69) is 10.6 Å². The van der Waals surface area contributed by atoms with Crippen LogP contribution in [-0.2, 0) is 0 Å². The number of benzene rings is 2. The molecule has 5 nitrogen and oxygen atoms in total. The Kier molecular flexibility index (Phi) is 7.41. The number of nitrogens with zero attached hydrogens (tertiary/aromatic N) is 1. The second-order valence-corrected chi connectivity index (χ2v) is 10.0. The van der Waals surface area contributed by atoms with Gasteiger partial charge in [-0.05, 0) is 65.9 Å². The van der Waals surface area contributed by atoms with Crippen LogP contribution >= 0.6 is 22.6 Å². The Labute approximate surface area is 199 Å². The first kappa shape index (κ1) is 24.8. The smallest absolute Gasteiger partial charge is 0.256 e. The van der Waals surface area contributed by atoms with E-state index in [1.165, 1.54) is 23.1 Å². The van der Waals surface area contributed by atoms with E-state index in [4.69, 9.17) is 0 Å². The Morgan fingerprint density at radius 1 is 1.19 bits per heavy atom. The standard InChI is InChI=1S/C23H27F3IN3O2/c1-4-9-28-11-22(2,3)23(32)12-30(13-23)21(31)15-6-7-16(24)19(26)20(15)29-18-8-5-14(27)10-17(18)25/h5-8,10,28-29,32H,4,9,11-13H2,1-3H3. The van der Waals surface area contributed by atoms with Crippen molar-refractivity contribution in [2.75, 3.05) is 31.5 Å². The lowest BCUT2D eigenvalue weighted by molar-refractivity contribution is -0.152. The molecule has 2 aromatic carbocycles. The normalized spacial score (nSPS) is 15.4. The molecule has 1 heterocycles. The van der Waals surface area contributed by atoms with E-state index in [1.54, 1.807) is 6.07 Å². The van der Waals surface area contributed by atoms with Gasteiger partial charge in [0.05, 0.1) is 30.0 Å². The predicted molar refractivity (Wildman–Crippen MR) is 127 cm³/mol. The predicted octanol–water partition coefficient (Wildman–Crippen LogP) is 4.66. The van der Waals surface area contributed by atoms with Gasteiger partial charge in [0.1, 0.15) is 11.4 Å². The van der Waals surface area contributed by atoms with Gasteiger partial charge in [-0.1, -0.05) is 20.8 Å². The number of aliphatic hydroxyl groups is 1. The maximum Gasteiger partial charge on any atom is 0.256 e. The van der Waals surface area contributed by atoms with Crippen LogP contribution in [0, 0.1) is 26.4 Å². The van der Waals surface area contributed by atoms with E-state index in [-0.39, 0.29) is 24.3 Å². The summed E-state index contributed by atoms with van der Waals surface area (Å²) < 4.78 is 43.5. The van der Waals surface area contributed by atoms with Crippen molar-refractivity contribution in [3.63, 3.8) is 0 Å². The molecule has 0 atom stereocenters. The third-order valence-electron chi connectivity index (χ3n) is 5.96. The van der Waals surface area contributed by atoms with E-state index < -0.39 is 40.1 Å². The minimum atomic E-state index is -1.27. The lowest BCUT2D eigenvalue weighted by Gasteiger charge is -2.54. The number of amides is 1. The van der Waals surface area contributed by atoms with Gasteiger partial charge in [0.15, 0.2) is 11.6 Å². The summed E-state index contributed by atoms with van der Waals surface area (Å²) in [6.45, 7) is 7.40. The number of carbonyl (C=O) groups excluding carboxylic acids is 1. The van der Waals surface area contributed by atoms with Crippen LogP contribution in [0.4, 0.5) is 24.5 Å². The third kappa shape index (κ3) is 4.89. The zero-order valence-electron chi connectivity index (χ0n) is 18.2. The average molecular weight is 561 g/mol. The van der Waals surface area contributed by atoms with E-state index in [9.17, 15) is 23.1 Å². The fourth-order valence-electron chi connectivity index (χ4n) is 3.65. The van der Waals surface area contributed by atoms with E-state index in [0.717, 1.165) is 19.0 Å². The first-order chi connectivity index (χ1) is 15.0. The van der Waals surface area contributed by atoms with Crippen LogP contribution in [0.2, 0.25) is 0 Å². The lowest BCUT2D eigenvalue weighted by atomic mass is 9.69. The van der Waals surface area contributed by atoms with Gasteiger partial charge in [0.25, 0.3) is 5.91 Å². The minimum Gasteiger partial charge on any atom is -0.386 e. The number of β-amino-alcohol motifs (C(OH)–C–C–N with tert-alkyl or cyclic N) is 1.